The molecule has 0 spiro atoms. The molecular formula is C12H22N2O2. The van der Waals surface area contributed by atoms with Gasteiger partial charge in [0, 0.05) is 6.54 Å². The van der Waals surface area contributed by atoms with Crippen LogP contribution in [0.4, 0.5) is 0 Å². The molecule has 1 amide bonds. The Hall–Kier alpha value is -0.900. The minimum absolute atomic E-state index is 0.0238. The van der Waals surface area contributed by atoms with Crippen LogP contribution < -0.4 is 5.32 Å². The molecular weight excluding hydrogens is 204 g/mol. The maximum Gasteiger partial charge on any atom is 0.237 e. The third-order valence-corrected chi connectivity index (χ3v) is 3.24. The molecule has 1 fully saturated rings. The number of carbonyl (C=O) groups is 2. The van der Waals surface area contributed by atoms with Gasteiger partial charge in [0.25, 0.3) is 0 Å². The zero-order chi connectivity index (χ0) is 12.1. The standard InChI is InChI=1S/C12H22N2O2/c1-4-13-12(16)9(2)14-8-6-5-7-11(14)10(3)15/h9,11H,4-8H2,1-3H3,(H,13,16). The fourth-order valence-corrected chi connectivity index (χ4v) is 2.33. The van der Waals surface area contributed by atoms with Crippen molar-refractivity contribution in [1.29, 1.82) is 0 Å². The summed E-state index contributed by atoms with van der Waals surface area (Å²) < 4.78 is 0. The summed E-state index contributed by atoms with van der Waals surface area (Å²) in [4.78, 5) is 25.3. The van der Waals surface area contributed by atoms with E-state index in [9.17, 15) is 9.59 Å². The minimum atomic E-state index is -0.200. The van der Waals surface area contributed by atoms with Crippen molar-refractivity contribution >= 4 is 11.7 Å². The van der Waals surface area contributed by atoms with E-state index in [2.05, 4.69) is 5.32 Å². The molecule has 0 bridgehead atoms. The molecule has 0 aliphatic carbocycles. The van der Waals surface area contributed by atoms with Crippen LogP contribution >= 0.6 is 0 Å². The fraction of sp³-hybridized carbons (Fsp3) is 0.833. The highest BCUT2D eigenvalue weighted by atomic mass is 16.2. The van der Waals surface area contributed by atoms with Gasteiger partial charge < -0.3 is 5.32 Å². The summed E-state index contributed by atoms with van der Waals surface area (Å²) in [6.45, 7) is 6.90. The summed E-state index contributed by atoms with van der Waals surface area (Å²) in [5.74, 6) is 0.200. The van der Waals surface area contributed by atoms with E-state index in [0.29, 0.717) is 6.54 Å². The number of nitrogens with one attached hydrogen (secondary N) is 1. The van der Waals surface area contributed by atoms with E-state index in [-0.39, 0.29) is 23.8 Å². The number of ketones is 1. The molecule has 16 heavy (non-hydrogen) atoms. The van der Waals surface area contributed by atoms with Crippen LogP contribution in [0.1, 0.15) is 40.0 Å². The first kappa shape index (κ1) is 13.2. The third kappa shape index (κ3) is 3.04. The molecule has 92 valence electrons. The number of likely N-dealkylation sites (N-methyl/N-ethyl adjacent to an activating group) is 1. The summed E-state index contributed by atoms with van der Waals surface area (Å²) in [5.41, 5.74) is 0. The van der Waals surface area contributed by atoms with E-state index in [4.69, 9.17) is 0 Å². The van der Waals surface area contributed by atoms with Crippen molar-refractivity contribution in [1.82, 2.24) is 10.2 Å². The van der Waals surface area contributed by atoms with E-state index in [0.717, 1.165) is 25.8 Å². The van der Waals surface area contributed by atoms with Gasteiger partial charge in [-0.15, -0.1) is 0 Å². The number of rotatable bonds is 4. The quantitative estimate of drug-likeness (QED) is 0.776. The SMILES string of the molecule is CCNC(=O)C(C)N1CCCCC1C(C)=O. The molecule has 1 rings (SSSR count). The van der Waals surface area contributed by atoms with Crippen molar-refractivity contribution < 1.29 is 9.59 Å². The van der Waals surface area contributed by atoms with Crippen LogP contribution in [0.3, 0.4) is 0 Å². The molecule has 1 aliphatic rings. The minimum Gasteiger partial charge on any atom is -0.355 e. The van der Waals surface area contributed by atoms with Crippen molar-refractivity contribution in [2.75, 3.05) is 13.1 Å². The molecule has 1 N–H and O–H groups in total. The maximum absolute atomic E-state index is 11.7. The monoisotopic (exact) mass is 226 g/mol. The summed E-state index contributed by atoms with van der Waals surface area (Å²) in [6, 6.07) is -0.263. The Kier molecular flexibility index (Phi) is 4.93. The zero-order valence-corrected chi connectivity index (χ0v) is 10.5. The number of Topliss-reactive ketones (excluding diaryl/α,β-unsaturated/α-hetero) is 1. The van der Waals surface area contributed by atoms with E-state index >= 15 is 0 Å². The number of likely N-dealkylation sites (tertiary alicyclic amines) is 1. The zero-order valence-electron chi connectivity index (χ0n) is 10.5. The Morgan fingerprint density at radius 3 is 2.69 bits per heavy atom. The highest BCUT2D eigenvalue weighted by molar-refractivity contribution is 5.85. The van der Waals surface area contributed by atoms with Crippen molar-refractivity contribution in [3.8, 4) is 0 Å². The van der Waals surface area contributed by atoms with Crippen LogP contribution in [0, 0.1) is 0 Å². The predicted octanol–water partition coefficient (Wildman–Crippen LogP) is 0.954. The lowest BCUT2D eigenvalue weighted by atomic mass is 9.97. The fourth-order valence-electron chi connectivity index (χ4n) is 2.33. The first-order valence-electron chi connectivity index (χ1n) is 6.11. The van der Waals surface area contributed by atoms with E-state index in [1.807, 2.05) is 18.7 Å². The van der Waals surface area contributed by atoms with Crippen LogP contribution in [0.5, 0.6) is 0 Å². The first-order chi connectivity index (χ1) is 7.57. The summed E-state index contributed by atoms with van der Waals surface area (Å²) in [5, 5.41) is 2.81. The molecule has 2 unspecified atom stereocenters. The molecule has 0 aromatic rings. The van der Waals surface area contributed by atoms with Crippen molar-refractivity contribution in [3.05, 3.63) is 0 Å². The average Bonchev–Trinajstić information content (AvgIpc) is 2.28. The van der Waals surface area contributed by atoms with Gasteiger partial charge in [-0.1, -0.05) is 6.42 Å². The van der Waals surface area contributed by atoms with E-state index in [1.54, 1.807) is 6.92 Å². The van der Waals surface area contributed by atoms with Gasteiger partial charge >= 0.3 is 0 Å². The summed E-state index contributed by atoms with van der Waals surface area (Å²) in [6.07, 6.45) is 3.05. The second-order valence-electron chi connectivity index (χ2n) is 4.43. The normalized spacial score (nSPS) is 23.8. The van der Waals surface area contributed by atoms with Crippen molar-refractivity contribution in [3.63, 3.8) is 0 Å². The van der Waals surface area contributed by atoms with Gasteiger partial charge in [-0.2, -0.15) is 0 Å². The number of carbonyl (C=O) groups excluding carboxylic acids is 2. The van der Waals surface area contributed by atoms with Crippen LogP contribution in [0.2, 0.25) is 0 Å². The highest BCUT2D eigenvalue weighted by Gasteiger charge is 2.32. The van der Waals surface area contributed by atoms with Crippen LogP contribution in [0.15, 0.2) is 0 Å². The number of piperidine rings is 1. The lowest BCUT2D eigenvalue weighted by Gasteiger charge is -2.37. The van der Waals surface area contributed by atoms with Gasteiger partial charge in [0.05, 0.1) is 12.1 Å². The maximum atomic E-state index is 11.7. The molecule has 0 saturated carbocycles. The van der Waals surface area contributed by atoms with Gasteiger partial charge in [0.15, 0.2) is 0 Å². The van der Waals surface area contributed by atoms with E-state index in [1.165, 1.54) is 0 Å². The molecule has 1 aliphatic heterocycles. The third-order valence-electron chi connectivity index (χ3n) is 3.24. The number of hydrogen-bond acceptors (Lipinski definition) is 3. The molecule has 4 heteroatoms. The van der Waals surface area contributed by atoms with Crippen LogP contribution in [0.25, 0.3) is 0 Å². The molecule has 0 aromatic heterocycles. The Balaban J connectivity index is 2.67. The lowest BCUT2D eigenvalue weighted by molar-refractivity contribution is -0.131. The molecule has 2 atom stereocenters. The second kappa shape index (κ2) is 5.99. The molecule has 1 heterocycles. The molecule has 0 radical (unpaired) electrons. The Morgan fingerprint density at radius 2 is 2.12 bits per heavy atom. The highest BCUT2D eigenvalue weighted by Crippen LogP contribution is 2.20. The second-order valence-corrected chi connectivity index (χ2v) is 4.43. The van der Waals surface area contributed by atoms with Crippen LogP contribution in [-0.2, 0) is 9.59 Å². The molecule has 1 saturated heterocycles. The van der Waals surface area contributed by atoms with E-state index < -0.39 is 0 Å². The summed E-state index contributed by atoms with van der Waals surface area (Å²) >= 11 is 0. The molecule has 4 nitrogen and oxygen atoms in total. The predicted molar refractivity (Wildman–Crippen MR) is 63.2 cm³/mol. The largest absolute Gasteiger partial charge is 0.355 e. The van der Waals surface area contributed by atoms with Crippen molar-refractivity contribution in [2.24, 2.45) is 0 Å². The van der Waals surface area contributed by atoms with Gasteiger partial charge in [0.1, 0.15) is 5.78 Å². The van der Waals surface area contributed by atoms with Gasteiger partial charge in [-0.05, 0) is 40.2 Å². The van der Waals surface area contributed by atoms with Gasteiger partial charge in [-0.3, -0.25) is 14.5 Å². The van der Waals surface area contributed by atoms with Gasteiger partial charge in [0.2, 0.25) is 5.91 Å². The first-order valence-corrected chi connectivity index (χ1v) is 6.11. The Morgan fingerprint density at radius 1 is 1.44 bits per heavy atom. The summed E-state index contributed by atoms with van der Waals surface area (Å²) in [7, 11) is 0. The molecule has 0 aromatic carbocycles. The topological polar surface area (TPSA) is 49.4 Å². The van der Waals surface area contributed by atoms with Gasteiger partial charge in [-0.25, -0.2) is 0 Å². The number of nitrogens with zero attached hydrogens (tertiary/aromatic N) is 1. The van der Waals surface area contributed by atoms with Crippen molar-refractivity contribution in [2.45, 2.75) is 52.1 Å². The Bertz CT molecular complexity index is 266. The average molecular weight is 226 g/mol. The smallest absolute Gasteiger partial charge is 0.237 e. The number of amides is 1. The number of hydrogen-bond donors (Lipinski definition) is 1. The van der Waals surface area contributed by atoms with Crippen LogP contribution in [-0.4, -0.2) is 41.8 Å². The lowest BCUT2D eigenvalue weighted by Crippen LogP contribution is -2.53. The Labute approximate surface area is 97.4 Å².